The molecule has 3 atom stereocenters. The van der Waals surface area contributed by atoms with Gasteiger partial charge >= 0.3 is 0 Å². The fourth-order valence-corrected chi connectivity index (χ4v) is 4.77. The van der Waals surface area contributed by atoms with Gasteiger partial charge in [0.25, 0.3) is 0 Å². The lowest BCUT2D eigenvalue weighted by Crippen LogP contribution is -2.41. The number of guanidine groups is 1. The number of halogens is 1. The number of hydrogen-bond donors (Lipinski definition) is 3. The number of thiophene rings is 1. The van der Waals surface area contributed by atoms with Crippen molar-refractivity contribution in [2.24, 2.45) is 10.9 Å². The maximum Gasteiger partial charge on any atom is 0.191 e. The number of rotatable bonds is 7. The molecule has 5 nitrogen and oxygen atoms in total. The van der Waals surface area contributed by atoms with E-state index in [-0.39, 0.29) is 30.1 Å². The third-order valence-corrected chi connectivity index (χ3v) is 6.34. The fraction of sp³-hybridized carbons (Fsp3) is 0.737. The van der Waals surface area contributed by atoms with Crippen LogP contribution in [-0.2, 0) is 0 Å². The minimum atomic E-state index is -0.154. The molecule has 0 spiro atoms. The van der Waals surface area contributed by atoms with Gasteiger partial charge in [0, 0.05) is 23.9 Å². The molecule has 1 saturated carbocycles. The van der Waals surface area contributed by atoms with Crippen LogP contribution < -0.4 is 10.6 Å². The molecule has 7 heteroatoms. The molecule has 26 heavy (non-hydrogen) atoms. The first kappa shape index (κ1) is 21.9. The lowest BCUT2D eigenvalue weighted by atomic mass is 10.1. The Labute approximate surface area is 178 Å². The van der Waals surface area contributed by atoms with E-state index in [0.717, 1.165) is 44.9 Å². The topological polar surface area (TPSA) is 59.9 Å². The van der Waals surface area contributed by atoms with Gasteiger partial charge in [-0.2, -0.15) is 0 Å². The van der Waals surface area contributed by atoms with Crippen molar-refractivity contribution in [3.8, 4) is 0 Å². The van der Waals surface area contributed by atoms with Crippen LogP contribution in [0.2, 0.25) is 0 Å². The minimum Gasteiger partial charge on any atom is -0.393 e. The first-order chi connectivity index (χ1) is 12.3. The number of aliphatic hydroxyl groups is 1. The quantitative estimate of drug-likeness (QED) is 0.311. The van der Waals surface area contributed by atoms with E-state index in [1.165, 1.54) is 30.8 Å². The van der Waals surface area contributed by atoms with E-state index in [4.69, 9.17) is 4.99 Å². The Balaban J connectivity index is 0.00000243. The largest absolute Gasteiger partial charge is 0.393 e. The third-order valence-electron chi connectivity index (χ3n) is 5.37. The van der Waals surface area contributed by atoms with Crippen molar-refractivity contribution in [2.75, 3.05) is 32.7 Å². The monoisotopic (exact) mass is 492 g/mol. The van der Waals surface area contributed by atoms with Gasteiger partial charge in [0.05, 0.1) is 18.7 Å². The lowest BCUT2D eigenvalue weighted by Gasteiger charge is -2.26. The van der Waals surface area contributed by atoms with Crippen LogP contribution in [0.3, 0.4) is 0 Å². The highest BCUT2D eigenvalue weighted by Crippen LogP contribution is 2.28. The van der Waals surface area contributed by atoms with Crippen molar-refractivity contribution in [1.29, 1.82) is 0 Å². The second kappa shape index (κ2) is 11.5. The zero-order valence-electron chi connectivity index (χ0n) is 15.7. The lowest BCUT2D eigenvalue weighted by molar-refractivity contribution is 0.134. The maximum atomic E-state index is 10.0. The molecular weight excluding hydrogens is 459 g/mol. The summed E-state index contributed by atoms with van der Waals surface area (Å²) < 4.78 is 0. The van der Waals surface area contributed by atoms with E-state index in [9.17, 15) is 5.11 Å². The first-order valence-corrected chi connectivity index (χ1v) is 10.6. The smallest absolute Gasteiger partial charge is 0.191 e. The molecule has 1 aromatic heterocycles. The van der Waals surface area contributed by atoms with Crippen LogP contribution in [0.5, 0.6) is 0 Å². The van der Waals surface area contributed by atoms with Gasteiger partial charge in [-0.15, -0.1) is 35.3 Å². The van der Waals surface area contributed by atoms with Crippen molar-refractivity contribution in [2.45, 2.75) is 51.2 Å². The highest BCUT2D eigenvalue weighted by molar-refractivity contribution is 14.0. The zero-order chi connectivity index (χ0) is 17.5. The Bertz CT molecular complexity index is 534. The second-order valence-electron chi connectivity index (χ2n) is 7.13. The zero-order valence-corrected chi connectivity index (χ0v) is 18.8. The van der Waals surface area contributed by atoms with Crippen LogP contribution in [0.15, 0.2) is 22.5 Å². The van der Waals surface area contributed by atoms with E-state index in [0.29, 0.717) is 12.0 Å². The Hall–Kier alpha value is -0.380. The van der Waals surface area contributed by atoms with E-state index < -0.39 is 0 Å². The van der Waals surface area contributed by atoms with E-state index in [1.54, 1.807) is 0 Å². The standard InChI is InChI=1S/C19H32N4OS.HI/c1-2-20-19(21-13-15-7-5-8-17(15)24)22-14-16(18-9-6-12-25-18)23-10-3-4-11-23;/h6,9,12,15-17,24H,2-5,7-8,10-11,13-14H2,1H3,(H2,20,21,22);1H. The molecule has 2 heterocycles. The summed E-state index contributed by atoms with van der Waals surface area (Å²) in [6.07, 6.45) is 5.62. The molecule has 0 amide bonds. The van der Waals surface area contributed by atoms with Gasteiger partial charge in [-0.25, -0.2) is 0 Å². The molecule has 0 aromatic carbocycles. The average Bonchev–Trinajstić information content (AvgIpc) is 3.36. The third kappa shape index (κ3) is 6.07. The molecule has 0 bridgehead atoms. The molecular formula is C19H33IN4OS. The molecule has 148 valence electrons. The van der Waals surface area contributed by atoms with Crippen molar-refractivity contribution in [3.05, 3.63) is 22.4 Å². The van der Waals surface area contributed by atoms with E-state index >= 15 is 0 Å². The van der Waals surface area contributed by atoms with Crippen molar-refractivity contribution in [1.82, 2.24) is 15.5 Å². The van der Waals surface area contributed by atoms with Crippen LogP contribution in [-0.4, -0.2) is 54.8 Å². The summed E-state index contributed by atoms with van der Waals surface area (Å²) in [7, 11) is 0. The number of hydrogen-bond acceptors (Lipinski definition) is 4. The van der Waals surface area contributed by atoms with Crippen LogP contribution in [0.1, 0.15) is 49.9 Å². The number of aliphatic hydroxyl groups excluding tert-OH is 1. The number of nitrogens with one attached hydrogen (secondary N) is 2. The minimum absolute atomic E-state index is 0. The SMILES string of the molecule is CCNC(=NCC(c1cccs1)N1CCCC1)NCC1CCCC1O.I. The highest BCUT2D eigenvalue weighted by atomic mass is 127. The molecule has 1 aliphatic carbocycles. The van der Waals surface area contributed by atoms with Crippen molar-refractivity contribution in [3.63, 3.8) is 0 Å². The van der Waals surface area contributed by atoms with Crippen LogP contribution >= 0.6 is 35.3 Å². The van der Waals surface area contributed by atoms with Crippen LogP contribution in [0, 0.1) is 5.92 Å². The van der Waals surface area contributed by atoms with Gasteiger partial charge in [0.1, 0.15) is 0 Å². The molecule has 3 rings (SSSR count). The molecule has 3 unspecified atom stereocenters. The molecule has 1 saturated heterocycles. The number of likely N-dealkylation sites (tertiary alicyclic amines) is 1. The number of nitrogens with zero attached hydrogens (tertiary/aromatic N) is 2. The van der Waals surface area contributed by atoms with Gasteiger partial charge in [-0.1, -0.05) is 12.5 Å². The maximum absolute atomic E-state index is 10.0. The normalized spacial score (nSPS) is 25.1. The van der Waals surface area contributed by atoms with E-state index in [1.807, 2.05) is 11.3 Å². The number of aliphatic imine (C=N–C) groups is 1. The molecule has 2 aliphatic rings. The predicted molar refractivity (Wildman–Crippen MR) is 121 cm³/mol. The molecule has 3 N–H and O–H groups in total. The van der Waals surface area contributed by atoms with Gasteiger partial charge in [-0.05, 0) is 57.1 Å². The van der Waals surface area contributed by atoms with Crippen molar-refractivity contribution < 1.29 is 5.11 Å². The Morgan fingerprint density at radius 1 is 1.31 bits per heavy atom. The molecule has 2 fully saturated rings. The summed E-state index contributed by atoms with van der Waals surface area (Å²) in [5, 5.41) is 19.0. The second-order valence-corrected chi connectivity index (χ2v) is 8.11. The molecule has 1 aliphatic heterocycles. The summed E-state index contributed by atoms with van der Waals surface area (Å²) in [5.74, 6) is 1.23. The average molecular weight is 492 g/mol. The summed E-state index contributed by atoms with van der Waals surface area (Å²) in [6.45, 7) is 6.89. The summed E-state index contributed by atoms with van der Waals surface area (Å²) in [4.78, 5) is 8.86. The van der Waals surface area contributed by atoms with Gasteiger partial charge in [0.15, 0.2) is 5.96 Å². The molecule has 0 radical (unpaired) electrons. The Morgan fingerprint density at radius 2 is 2.12 bits per heavy atom. The summed E-state index contributed by atoms with van der Waals surface area (Å²) in [6, 6.07) is 4.76. The molecule has 1 aromatic rings. The van der Waals surface area contributed by atoms with Crippen LogP contribution in [0.25, 0.3) is 0 Å². The predicted octanol–water partition coefficient (Wildman–Crippen LogP) is 3.22. The first-order valence-electron chi connectivity index (χ1n) is 9.75. The Kier molecular flexibility index (Phi) is 9.66. The summed E-state index contributed by atoms with van der Waals surface area (Å²) in [5.41, 5.74) is 0. The van der Waals surface area contributed by atoms with Crippen LogP contribution in [0.4, 0.5) is 0 Å². The van der Waals surface area contributed by atoms with Crippen molar-refractivity contribution >= 4 is 41.3 Å². The van der Waals surface area contributed by atoms with E-state index in [2.05, 4.69) is 40.0 Å². The summed E-state index contributed by atoms with van der Waals surface area (Å²) >= 11 is 1.83. The van der Waals surface area contributed by atoms with Gasteiger partial charge in [0.2, 0.25) is 0 Å². The highest BCUT2D eigenvalue weighted by Gasteiger charge is 2.26. The fourth-order valence-electron chi connectivity index (χ4n) is 3.92. The van der Waals surface area contributed by atoms with Gasteiger partial charge in [-0.3, -0.25) is 9.89 Å². The van der Waals surface area contributed by atoms with Gasteiger partial charge < -0.3 is 15.7 Å². The Morgan fingerprint density at radius 3 is 2.73 bits per heavy atom.